The predicted octanol–water partition coefficient (Wildman–Crippen LogP) is 4.65. The average molecular weight is 543 g/mol. The first-order valence-corrected chi connectivity index (χ1v) is 14.1. The molecule has 0 spiro atoms. The molecule has 2 rings (SSSR count). The van der Waals surface area contributed by atoms with Gasteiger partial charge in [0.05, 0.1) is 11.9 Å². The summed E-state index contributed by atoms with van der Waals surface area (Å²) in [7, 11) is -3.80. The fourth-order valence-corrected chi connectivity index (χ4v) is 4.95. The number of aryl methyl sites for hydroxylation is 1. The smallest absolute Gasteiger partial charge is 0.244 e. The maximum Gasteiger partial charge on any atom is 0.244 e. The lowest BCUT2D eigenvalue weighted by molar-refractivity contribution is -0.139. The maximum atomic E-state index is 13.7. The van der Waals surface area contributed by atoms with Gasteiger partial charge in [0.25, 0.3) is 0 Å². The lowest BCUT2D eigenvalue weighted by atomic mass is 10.1. The molecule has 0 saturated heterocycles. The van der Waals surface area contributed by atoms with Gasteiger partial charge < -0.3 is 10.2 Å². The third-order valence-electron chi connectivity index (χ3n) is 5.88. The minimum absolute atomic E-state index is 0.0561. The van der Waals surface area contributed by atoms with Gasteiger partial charge >= 0.3 is 0 Å². The van der Waals surface area contributed by atoms with Crippen LogP contribution < -0.4 is 9.62 Å². The molecule has 1 N–H and O–H groups in total. The topological polar surface area (TPSA) is 86.8 Å². The number of hydrogen-bond donors (Lipinski definition) is 1. The standard InChI is InChI=1S/C25H33Cl2N3O4S/c1-6-17(3)28-25(32)18(4)29(15-20-21(26)12-10-13-22(20)27)24(31)16-30(35(5,33)34)23-14-9-8-11-19(23)7-2/h8-14,17-18H,6-7,15-16H2,1-5H3,(H,28,32)/t17-,18-/m1/s1. The highest BCUT2D eigenvalue weighted by atomic mass is 35.5. The number of rotatable bonds is 11. The molecule has 35 heavy (non-hydrogen) atoms. The number of anilines is 1. The molecule has 2 amide bonds. The third-order valence-corrected chi connectivity index (χ3v) is 7.71. The van der Waals surface area contributed by atoms with E-state index in [2.05, 4.69) is 5.32 Å². The zero-order valence-corrected chi connectivity index (χ0v) is 23.0. The van der Waals surface area contributed by atoms with Crippen LogP contribution in [-0.4, -0.2) is 50.0 Å². The van der Waals surface area contributed by atoms with Crippen molar-refractivity contribution in [3.63, 3.8) is 0 Å². The maximum absolute atomic E-state index is 13.7. The Bertz CT molecular complexity index is 1140. The van der Waals surface area contributed by atoms with Gasteiger partial charge in [-0.1, -0.05) is 61.3 Å². The Kier molecular flexibility index (Phi) is 10.4. The van der Waals surface area contributed by atoms with Crippen LogP contribution in [0, 0.1) is 0 Å². The molecule has 0 bridgehead atoms. The van der Waals surface area contributed by atoms with E-state index in [9.17, 15) is 18.0 Å². The SMILES string of the molecule is CCc1ccccc1N(CC(=O)N(Cc1c(Cl)cccc1Cl)[C@H](C)C(=O)N[C@H](C)CC)S(C)(=O)=O. The van der Waals surface area contributed by atoms with Crippen molar-refractivity contribution >= 4 is 50.7 Å². The number of para-hydroxylation sites is 1. The van der Waals surface area contributed by atoms with E-state index in [0.717, 1.165) is 22.5 Å². The number of carbonyl (C=O) groups is 2. The van der Waals surface area contributed by atoms with Crippen molar-refractivity contribution in [2.45, 2.75) is 59.2 Å². The normalized spacial score (nSPS) is 13.1. The zero-order valence-electron chi connectivity index (χ0n) is 20.7. The summed E-state index contributed by atoms with van der Waals surface area (Å²) in [5.41, 5.74) is 1.69. The minimum Gasteiger partial charge on any atom is -0.352 e. The van der Waals surface area contributed by atoms with Gasteiger partial charge in [0, 0.05) is 28.2 Å². The van der Waals surface area contributed by atoms with E-state index >= 15 is 0 Å². The number of nitrogens with zero attached hydrogens (tertiary/aromatic N) is 2. The Morgan fingerprint density at radius 1 is 1.00 bits per heavy atom. The monoisotopic (exact) mass is 541 g/mol. The second kappa shape index (κ2) is 12.6. The van der Waals surface area contributed by atoms with Crippen LogP contribution in [0.4, 0.5) is 5.69 Å². The summed E-state index contributed by atoms with van der Waals surface area (Å²) in [6.07, 6.45) is 2.36. The molecule has 0 aliphatic carbocycles. The molecule has 7 nitrogen and oxygen atoms in total. The van der Waals surface area contributed by atoms with E-state index < -0.39 is 28.5 Å². The first-order chi connectivity index (χ1) is 16.4. The van der Waals surface area contributed by atoms with E-state index in [1.165, 1.54) is 4.90 Å². The lowest BCUT2D eigenvalue weighted by Crippen LogP contribution is -2.52. The quantitative estimate of drug-likeness (QED) is 0.448. The molecule has 2 aromatic rings. The highest BCUT2D eigenvalue weighted by molar-refractivity contribution is 7.92. The molecule has 0 aliphatic rings. The van der Waals surface area contributed by atoms with Crippen molar-refractivity contribution in [2.24, 2.45) is 0 Å². The van der Waals surface area contributed by atoms with Gasteiger partial charge in [-0.05, 0) is 50.5 Å². The predicted molar refractivity (Wildman–Crippen MR) is 142 cm³/mol. The van der Waals surface area contributed by atoms with Gasteiger partial charge in [-0.25, -0.2) is 8.42 Å². The number of carbonyl (C=O) groups excluding carboxylic acids is 2. The molecule has 2 aromatic carbocycles. The summed E-state index contributed by atoms with van der Waals surface area (Å²) >= 11 is 12.7. The fourth-order valence-electron chi connectivity index (χ4n) is 3.55. The summed E-state index contributed by atoms with van der Waals surface area (Å²) in [5, 5.41) is 3.58. The number of hydrogen-bond acceptors (Lipinski definition) is 4. The van der Waals surface area contributed by atoms with Crippen LogP contribution in [0.1, 0.15) is 45.2 Å². The van der Waals surface area contributed by atoms with Gasteiger partial charge in [0.1, 0.15) is 12.6 Å². The van der Waals surface area contributed by atoms with Crippen LogP contribution in [0.2, 0.25) is 10.0 Å². The summed E-state index contributed by atoms with van der Waals surface area (Å²) in [5.74, 6) is -0.903. The second-order valence-electron chi connectivity index (χ2n) is 8.47. The van der Waals surface area contributed by atoms with Crippen LogP contribution >= 0.6 is 23.2 Å². The lowest BCUT2D eigenvalue weighted by Gasteiger charge is -2.32. The van der Waals surface area contributed by atoms with Crippen molar-refractivity contribution in [1.82, 2.24) is 10.2 Å². The third kappa shape index (κ3) is 7.59. The Morgan fingerprint density at radius 2 is 1.60 bits per heavy atom. The molecule has 0 aliphatic heterocycles. The van der Waals surface area contributed by atoms with Gasteiger partial charge in [0.15, 0.2) is 0 Å². The summed E-state index contributed by atoms with van der Waals surface area (Å²) in [6, 6.07) is 11.0. The largest absolute Gasteiger partial charge is 0.352 e. The molecular formula is C25H33Cl2N3O4S. The Balaban J connectivity index is 2.48. The van der Waals surface area contributed by atoms with Crippen LogP contribution in [0.3, 0.4) is 0 Å². The summed E-state index contributed by atoms with van der Waals surface area (Å²) in [6.45, 7) is 6.80. The highest BCUT2D eigenvalue weighted by Gasteiger charge is 2.31. The van der Waals surface area contributed by atoms with Gasteiger partial charge in [-0.2, -0.15) is 0 Å². The van der Waals surface area contributed by atoms with Crippen molar-refractivity contribution in [3.05, 3.63) is 63.6 Å². The number of nitrogens with one attached hydrogen (secondary N) is 1. The van der Waals surface area contributed by atoms with Crippen molar-refractivity contribution < 1.29 is 18.0 Å². The molecule has 192 valence electrons. The van der Waals surface area contributed by atoms with Crippen LogP contribution in [-0.2, 0) is 32.6 Å². The number of benzene rings is 2. The molecule has 0 aromatic heterocycles. The van der Waals surface area contributed by atoms with Crippen molar-refractivity contribution in [1.29, 1.82) is 0 Å². The molecule has 10 heteroatoms. The Labute approximate surface area is 218 Å². The average Bonchev–Trinajstić information content (AvgIpc) is 2.80. The molecule has 0 saturated carbocycles. The molecule has 0 radical (unpaired) electrons. The number of halogens is 2. The van der Waals surface area contributed by atoms with Gasteiger partial charge in [-0.15, -0.1) is 0 Å². The van der Waals surface area contributed by atoms with Crippen LogP contribution in [0.25, 0.3) is 0 Å². The van der Waals surface area contributed by atoms with Crippen molar-refractivity contribution in [2.75, 3.05) is 17.1 Å². The fraction of sp³-hybridized carbons (Fsp3) is 0.440. The molecular weight excluding hydrogens is 509 g/mol. The number of amides is 2. The summed E-state index contributed by atoms with van der Waals surface area (Å²) in [4.78, 5) is 27.9. The molecule has 0 heterocycles. The Morgan fingerprint density at radius 3 is 2.14 bits per heavy atom. The van der Waals surface area contributed by atoms with Crippen LogP contribution in [0.5, 0.6) is 0 Å². The summed E-state index contributed by atoms with van der Waals surface area (Å²) < 4.78 is 26.6. The highest BCUT2D eigenvalue weighted by Crippen LogP contribution is 2.28. The first kappa shape index (κ1) is 28.9. The van der Waals surface area contributed by atoms with Gasteiger partial charge in [-0.3, -0.25) is 13.9 Å². The zero-order chi connectivity index (χ0) is 26.3. The molecule has 0 fully saturated rings. The first-order valence-electron chi connectivity index (χ1n) is 11.5. The van der Waals surface area contributed by atoms with E-state index in [1.54, 1.807) is 37.3 Å². The van der Waals surface area contributed by atoms with E-state index in [1.807, 2.05) is 32.9 Å². The minimum atomic E-state index is -3.80. The molecule has 0 unspecified atom stereocenters. The second-order valence-corrected chi connectivity index (χ2v) is 11.2. The Hall–Kier alpha value is -2.29. The van der Waals surface area contributed by atoms with E-state index in [0.29, 0.717) is 27.7 Å². The van der Waals surface area contributed by atoms with Crippen LogP contribution in [0.15, 0.2) is 42.5 Å². The molecule has 2 atom stereocenters. The van der Waals surface area contributed by atoms with Crippen molar-refractivity contribution in [3.8, 4) is 0 Å². The van der Waals surface area contributed by atoms with Gasteiger partial charge in [0.2, 0.25) is 21.8 Å². The number of sulfonamides is 1. The van der Waals surface area contributed by atoms with E-state index in [4.69, 9.17) is 23.2 Å². The van der Waals surface area contributed by atoms with E-state index in [-0.39, 0.29) is 18.5 Å².